The van der Waals surface area contributed by atoms with Crippen molar-refractivity contribution < 1.29 is 4.42 Å². The Hall–Kier alpha value is -1.26. The first-order chi connectivity index (χ1) is 7.86. The van der Waals surface area contributed by atoms with Gasteiger partial charge in [0.05, 0.1) is 0 Å². The van der Waals surface area contributed by atoms with E-state index < -0.39 is 0 Å². The lowest BCUT2D eigenvalue weighted by atomic mass is 10.1. The number of nitrogens with zero attached hydrogens (tertiary/aromatic N) is 1. The lowest BCUT2D eigenvalue weighted by molar-refractivity contribution is 0.569. The first kappa shape index (κ1) is 11.2. The molecule has 3 nitrogen and oxygen atoms in total. The highest BCUT2D eigenvalue weighted by Crippen LogP contribution is 2.31. The molecule has 0 bridgehead atoms. The zero-order valence-electron chi connectivity index (χ0n) is 9.36. The molecule has 0 radical (unpaired) electrons. The molecule has 1 heterocycles. The van der Waals surface area contributed by atoms with Gasteiger partial charge >= 0.3 is 0 Å². The smallest absolute Gasteiger partial charge is 0.181 e. The Morgan fingerprint density at radius 1 is 1.38 bits per heavy atom. The Balaban J connectivity index is 2.45. The number of oxazole rings is 1. The van der Waals surface area contributed by atoms with Crippen molar-refractivity contribution >= 4 is 11.8 Å². The third-order valence-electron chi connectivity index (χ3n) is 2.34. The van der Waals surface area contributed by atoms with Gasteiger partial charge in [0.15, 0.2) is 12.2 Å². The number of hydrogen-bond donors (Lipinski definition) is 1. The molecule has 1 N–H and O–H groups in total. The Bertz CT molecular complexity index is 468. The normalized spacial score (nSPS) is 10.6. The van der Waals surface area contributed by atoms with Gasteiger partial charge in [-0.3, -0.25) is 0 Å². The second-order valence-electron chi connectivity index (χ2n) is 3.36. The molecule has 16 heavy (non-hydrogen) atoms. The van der Waals surface area contributed by atoms with Gasteiger partial charge in [0.25, 0.3) is 0 Å². The highest BCUT2D eigenvalue weighted by molar-refractivity contribution is 7.98. The summed E-state index contributed by atoms with van der Waals surface area (Å²) in [6.07, 6.45) is 3.56. The van der Waals surface area contributed by atoms with Gasteiger partial charge in [-0.2, -0.15) is 0 Å². The number of benzene rings is 1. The third kappa shape index (κ3) is 2.13. The molecule has 1 aromatic heterocycles. The quantitative estimate of drug-likeness (QED) is 0.825. The summed E-state index contributed by atoms with van der Waals surface area (Å²) in [6.45, 7) is 0.717. The van der Waals surface area contributed by atoms with Crippen molar-refractivity contribution in [2.45, 2.75) is 11.4 Å². The second-order valence-corrected chi connectivity index (χ2v) is 4.21. The van der Waals surface area contributed by atoms with Gasteiger partial charge in [-0.1, -0.05) is 18.2 Å². The van der Waals surface area contributed by atoms with Crippen LogP contribution >= 0.6 is 11.8 Å². The average Bonchev–Trinajstić information content (AvgIpc) is 2.77. The molecular formula is C12H14N2OS. The predicted molar refractivity (Wildman–Crippen MR) is 66.5 cm³/mol. The lowest BCUT2D eigenvalue weighted by Gasteiger charge is -2.05. The summed E-state index contributed by atoms with van der Waals surface area (Å²) < 4.78 is 5.48. The van der Waals surface area contributed by atoms with Crippen molar-refractivity contribution in [1.82, 2.24) is 10.3 Å². The maximum Gasteiger partial charge on any atom is 0.181 e. The van der Waals surface area contributed by atoms with Crippen LogP contribution in [0.3, 0.4) is 0 Å². The van der Waals surface area contributed by atoms with Crippen molar-refractivity contribution in [1.29, 1.82) is 0 Å². The summed E-state index contributed by atoms with van der Waals surface area (Å²) in [4.78, 5) is 5.42. The van der Waals surface area contributed by atoms with Crippen LogP contribution in [-0.4, -0.2) is 18.3 Å². The molecule has 0 unspecified atom stereocenters. The standard InChI is InChI=1S/C12H14N2OS/c1-13-7-10-12(15-8-14-10)9-5-3-4-6-11(9)16-2/h3-6,8,13H,7H2,1-2H3. The molecule has 0 aliphatic rings. The summed E-state index contributed by atoms with van der Waals surface area (Å²) in [5, 5.41) is 3.09. The third-order valence-corrected chi connectivity index (χ3v) is 3.13. The first-order valence-electron chi connectivity index (χ1n) is 5.07. The molecular weight excluding hydrogens is 220 g/mol. The van der Waals surface area contributed by atoms with Crippen LogP contribution in [0.25, 0.3) is 11.3 Å². The van der Waals surface area contributed by atoms with Crippen LogP contribution in [-0.2, 0) is 6.54 Å². The van der Waals surface area contributed by atoms with Gasteiger partial charge in [0, 0.05) is 17.0 Å². The van der Waals surface area contributed by atoms with E-state index in [1.54, 1.807) is 11.8 Å². The number of rotatable bonds is 4. The van der Waals surface area contributed by atoms with Crippen LogP contribution in [0, 0.1) is 0 Å². The number of nitrogens with one attached hydrogen (secondary N) is 1. The van der Waals surface area contributed by atoms with E-state index in [4.69, 9.17) is 4.42 Å². The van der Waals surface area contributed by atoms with E-state index >= 15 is 0 Å². The molecule has 0 spiro atoms. The molecule has 0 fully saturated rings. The Morgan fingerprint density at radius 3 is 2.94 bits per heavy atom. The van der Waals surface area contributed by atoms with Gasteiger partial charge < -0.3 is 9.73 Å². The zero-order chi connectivity index (χ0) is 11.4. The Kier molecular flexibility index (Phi) is 3.64. The maximum atomic E-state index is 5.48. The van der Waals surface area contributed by atoms with Crippen molar-refractivity contribution in [2.24, 2.45) is 0 Å². The average molecular weight is 234 g/mol. The maximum absolute atomic E-state index is 5.48. The Labute approximate surface area is 99.3 Å². The fourth-order valence-corrected chi connectivity index (χ4v) is 2.21. The molecule has 2 aromatic rings. The lowest BCUT2D eigenvalue weighted by Crippen LogP contribution is -2.06. The fourth-order valence-electron chi connectivity index (χ4n) is 1.61. The van der Waals surface area contributed by atoms with Crippen molar-refractivity contribution in [3.05, 3.63) is 36.4 Å². The predicted octanol–water partition coefficient (Wildman–Crippen LogP) is 2.78. The van der Waals surface area contributed by atoms with Gasteiger partial charge in [0.2, 0.25) is 0 Å². The summed E-state index contributed by atoms with van der Waals surface area (Å²) in [5.74, 6) is 0.860. The fraction of sp³-hybridized carbons (Fsp3) is 0.250. The van der Waals surface area contributed by atoms with E-state index in [-0.39, 0.29) is 0 Å². The molecule has 2 rings (SSSR count). The highest BCUT2D eigenvalue weighted by Gasteiger charge is 2.12. The van der Waals surface area contributed by atoms with E-state index in [9.17, 15) is 0 Å². The SMILES string of the molecule is CNCc1ncoc1-c1ccccc1SC. The Morgan fingerprint density at radius 2 is 2.19 bits per heavy atom. The highest BCUT2D eigenvalue weighted by atomic mass is 32.2. The summed E-state index contributed by atoms with van der Waals surface area (Å²) in [6, 6.07) is 8.20. The van der Waals surface area contributed by atoms with E-state index in [2.05, 4.69) is 28.7 Å². The van der Waals surface area contributed by atoms with Crippen LogP contribution in [0.1, 0.15) is 5.69 Å². The molecule has 84 valence electrons. The molecule has 0 amide bonds. The van der Waals surface area contributed by atoms with Crippen molar-refractivity contribution in [2.75, 3.05) is 13.3 Å². The minimum atomic E-state index is 0.717. The monoisotopic (exact) mass is 234 g/mol. The molecule has 0 atom stereocenters. The van der Waals surface area contributed by atoms with Crippen LogP contribution in [0.2, 0.25) is 0 Å². The van der Waals surface area contributed by atoms with Crippen LogP contribution in [0.15, 0.2) is 40.0 Å². The molecule has 0 saturated heterocycles. The van der Waals surface area contributed by atoms with Crippen LogP contribution < -0.4 is 5.32 Å². The molecule has 0 saturated carbocycles. The summed E-state index contributed by atoms with van der Waals surface area (Å²) in [5.41, 5.74) is 2.06. The minimum Gasteiger partial charge on any atom is -0.443 e. The van der Waals surface area contributed by atoms with Gasteiger partial charge in [-0.05, 0) is 19.4 Å². The van der Waals surface area contributed by atoms with E-state index in [0.717, 1.165) is 17.0 Å². The molecule has 4 heteroatoms. The van der Waals surface area contributed by atoms with Crippen LogP contribution in [0.5, 0.6) is 0 Å². The number of aromatic nitrogens is 1. The van der Waals surface area contributed by atoms with E-state index in [1.165, 1.54) is 11.3 Å². The summed E-state index contributed by atoms with van der Waals surface area (Å²) in [7, 11) is 1.90. The largest absolute Gasteiger partial charge is 0.443 e. The van der Waals surface area contributed by atoms with Crippen molar-refractivity contribution in [3.63, 3.8) is 0 Å². The first-order valence-corrected chi connectivity index (χ1v) is 6.29. The minimum absolute atomic E-state index is 0.717. The topological polar surface area (TPSA) is 38.1 Å². The van der Waals surface area contributed by atoms with E-state index in [1.807, 2.05) is 19.2 Å². The van der Waals surface area contributed by atoms with Gasteiger partial charge in [-0.25, -0.2) is 4.98 Å². The van der Waals surface area contributed by atoms with Gasteiger partial charge in [0.1, 0.15) is 5.69 Å². The number of thioether (sulfide) groups is 1. The van der Waals surface area contributed by atoms with Crippen molar-refractivity contribution in [3.8, 4) is 11.3 Å². The molecule has 0 aliphatic carbocycles. The van der Waals surface area contributed by atoms with E-state index in [0.29, 0.717) is 6.54 Å². The van der Waals surface area contributed by atoms with Crippen LogP contribution in [0.4, 0.5) is 0 Å². The summed E-state index contributed by atoms with van der Waals surface area (Å²) >= 11 is 1.71. The molecule has 0 aliphatic heterocycles. The zero-order valence-corrected chi connectivity index (χ0v) is 10.2. The molecule has 1 aromatic carbocycles. The second kappa shape index (κ2) is 5.18. The van der Waals surface area contributed by atoms with Gasteiger partial charge in [-0.15, -0.1) is 11.8 Å². The number of hydrogen-bond acceptors (Lipinski definition) is 4.